The Morgan fingerprint density at radius 1 is 1.09 bits per heavy atom. The van der Waals surface area contributed by atoms with E-state index in [0.717, 1.165) is 15.6 Å². The number of nitrogens with zero attached hydrogens (tertiary/aromatic N) is 1. The molecule has 0 aliphatic carbocycles. The fourth-order valence-corrected chi connectivity index (χ4v) is 3.78. The molecule has 2 aromatic rings. The number of thiocarbonyl (C=S) groups is 1. The maximum atomic E-state index is 12.6. The number of hydrogen-bond donors (Lipinski definition) is 0. The van der Waals surface area contributed by atoms with Crippen LogP contribution in [0.1, 0.15) is 11.1 Å². The standard InChI is InChI=1S/C17H12BrNOS2/c18-14-9-5-4-8-13(14)10-15-16(20)19(17(21)22-15)11-12-6-2-1-3-7-12/h1-10H,11H2/b15-10-. The van der Waals surface area contributed by atoms with Crippen molar-refractivity contribution in [2.24, 2.45) is 0 Å². The van der Waals surface area contributed by atoms with Gasteiger partial charge in [-0.2, -0.15) is 0 Å². The van der Waals surface area contributed by atoms with Crippen molar-refractivity contribution in [1.29, 1.82) is 0 Å². The monoisotopic (exact) mass is 389 g/mol. The number of hydrogen-bond acceptors (Lipinski definition) is 3. The summed E-state index contributed by atoms with van der Waals surface area (Å²) >= 11 is 10.2. The molecule has 0 radical (unpaired) electrons. The van der Waals surface area contributed by atoms with Crippen molar-refractivity contribution >= 4 is 56.2 Å². The second-order valence-corrected chi connectivity index (χ2v) is 7.31. The predicted molar refractivity (Wildman–Crippen MR) is 99.3 cm³/mol. The second kappa shape index (κ2) is 6.77. The van der Waals surface area contributed by atoms with Gasteiger partial charge in [0.25, 0.3) is 5.91 Å². The first-order chi connectivity index (χ1) is 10.6. The highest BCUT2D eigenvalue weighted by molar-refractivity contribution is 9.10. The Labute approximate surface area is 147 Å². The van der Waals surface area contributed by atoms with Crippen molar-refractivity contribution in [2.75, 3.05) is 0 Å². The third-order valence-corrected chi connectivity index (χ3v) is 5.35. The van der Waals surface area contributed by atoms with Gasteiger partial charge in [0, 0.05) is 4.47 Å². The van der Waals surface area contributed by atoms with Crippen LogP contribution < -0.4 is 0 Å². The third kappa shape index (κ3) is 3.32. The molecule has 1 fully saturated rings. The lowest BCUT2D eigenvalue weighted by atomic mass is 10.2. The van der Waals surface area contributed by atoms with E-state index in [0.29, 0.717) is 15.8 Å². The predicted octanol–water partition coefficient (Wildman–Crippen LogP) is 4.85. The Morgan fingerprint density at radius 2 is 1.77 bits per heavy atom. The lowest BCUT2D eigenvalue weighted by Gasteiger charge is -2.14. The molecule has 1 aliphatic heterocycles. The van der Waals surface area contributed by atoms with Gasteiger partial charge >= 0.3 is 0 Å². The molecule has 0 atom stereocenters. The van der Waals surface area contributed by atoms with E-state index < -0.39 is 0 Å². The van der Waals surface area contributed by atoms with Crippen LogP contribution in [0.5, 0.6) is 0 Å². The van der Waals surface area contributed by atoms with Crippen LogP contribution in [-0.4, -0.2) is 15.1 Å². The van der Waals surface area contributed by atoms with Gasteiger partial charge in [0.05, 0.1) is 11.4 Å². The first kappa shape index (κ1) is 15.5. The topological polar surface area (TPSA) is 20.3 Å². The van der Waals surface area contributed by atoms with Crippen molar-refractivity contribution in [1.82, 2.24) is 4.90 Å². The maximum Gasteiger partial charge on any atom is 0.266 e. The number of thioether (sulfide) groups is 1. The third-order valence-electron chi connectivity index (χ3n) is 3.25. The van der Waals surface area contributed by atoms with Crippen molar-refractivity contribution in [3.8, 4) is 0 Å². The molecule has 0 aromatic heterocycles. The van der Waals surface area contributed by atoms with Crippen molar-refractivity contribution < 1.29 is 4.79 Å². The van der Waals surface area contributed by atoms with Crippen molar-refractivity contribution in [3.63, 3.8) is 0 Å². The number of carbonyl (C=O) groups excluding carboxylic acids is 1. The molecule has 1 aliphatic rings. The summed E-state index contributed by atoms with van der Waals surface area (Å²) < 4.78 is 1.57. The summed E-state index contributed by atoms with van der Waals surface area (Å²) in [7, 11) is 0. The fraction of sp³-hybridized carbons (Fsp3) is 0.0588. The normalized spacial score (nSPS) is 16.6. The Hall–Kier alpha value is -1.43. The molecule has 0 spiro atoms. The highest BCUT2D eigenvalue weighted by atomic mass is 79.9. The summed E-state index contributed by atoms with van der Waals surface area (Å²) in [6.45, 7) is 0.513. The number of halogens is 1. The molecule has 0 bridgehead atoms. The molecule has 22 heavy (non-hydrogen) atoms. The largest absolute Gasteiger partial charge is 0.288 e. The molecule has 0 saturated carbocycles. The van der Waals surface area contributed by atoms with Crippen LogP contribution in [0.25, 0.3) is 6.08 Å². The minimum Gasteiger partial charge on any atom is -0.288 e. The Balaban J connectivity index is 1.84. The van der Waals surface area contributed by atoms with Crippen LogP contribution in [0.2, 0.25) is 0 Å². The fourth-order valence-electron chi connectivity index (χ4n) is 2.14. The van der Waals surface area contributed by atoms with Gasteiger partial charge in [0.15, 0.2) is 0 Å². The van der Waals surface area contributed by atoms with Crippen LogP contribution in [-0.2, 0) is 11.3 Å². The van der Waals surface area contributed by atoms with Gasteiger partial charge in [0.1, 0.15) is 4.32 Å². The van der Waals surface area contributed by atoms with Gasteiger partial charge < -0.3 is 0 Å². The van der Waals surface area contributed by atoms with E-state index in [2.05, 4.69) is 15.9 Å². The smallest absolute Gasteiger partial charge is 0.266 e. The minimum absolute atomic E-state index is 0.0328. The molecule has 3 rings (SSSR count). The lowest BCUT2D eigenvalue weighted by Crippen LogP contribution is -2.27. The van der Waals surface area contributed by atoms with E-state index in [9.17, 15) is 4.79 Å². The van der Waals surface area contributed by atoms with Crippen molar-refractivity contribution in [2.45, 2.75) is 6.54 Å². The number of rotatable bonds is 3. The molecule has 2 nitrogen and oxygen atoms in total. The summed E-state index contributed by atoms with van der Waals surface area (Å²) in [4.78, 5) is 14.9. The van der Waals surface area contributed by atoms with E-state index in [1.54, 1.807) is 4.90 Å². The molecule has 0 unspecified atom stereocenters. The van der Waals surface area contributed by atoms with Gasteiger partial charge in [-0.25, -0.2) is 0 Å². The number of carbonyl (C=O) groups is 1. The average Bonchev–Trinajstić information content (AvgIpc) is 2.78. The van der Waals surface area contributed by atoms with Gasteiger partial charge in [-0.15, -0.1) is 0 Å². The maximum absolute atomic E-state index is 12.6. The van der Waals surface area contributed by atoms with E-state index in [4.69, 9.17) is 12.2 Å². The molecule has 1 heterocycles. The molecular weight excluding hydrogens is 378 g/mol. The zero-order chi connectivity index (χ0) is 15.5. The van der Waals surface area contributed by atoms with Crippen LogP contribution in [0, 0.1) is 0 Å². The Bertz CT molecular complexity index is 758. The number of benzene rings is 2. The van der Waals surface area contributed by atoms with Gasteiger partial charge in [-0.1, -0.05) is 88.4 Å². The van der Waals surface area contributed by atoms with Crippen LogP contribution in [0.4, 0.5) is 0 Å². The van der Waals surface area contributed by atoms with E-state index in [1.807, 2.05) is 60.7 Å². The highest BCUT2D eigenvalue weighted by Gasteiger charge is 2.31. The van der Waals surface area contributed by atoms with E-state index in [1.165, 1.54) is 11.8 Å². The Kier molecular flexibility index (Phi) is 4.76. The molecule has 1 saturated heterocycles. The van der Waals surface area contributed by atoms with Crippen LogP contribution in [0.15, 0.2) is 64.0 Å². The highest BCUT2D eigenvalue weighted by Crippen LogP contribution is 2.34. The molecular formula is C17H12BrNOS2. The summed E-state index contributed by atoms with van der Waals surface area (Å²) in [6, 6.07) is 17.7. The summed E-state index contributed by atoms with van der Waals surface area (Å²) in [6.07, 6.45) is 1.88. The zero-order valence-corrected chi connectivity index (χ0v) is 14.7. The molecule has 5 heteroatoms. The SMILES string of the molecule is O=C1/C(=C/c2ccccc2Br)SC(=S)N1Cc1ccccc1. The Morgan fingerprint density at radius 3 is 2.50 bits per heavy atom. The number of amides is 1. The van der Waals surface area contributed by atoms with Crippen molar-refractivity contribution in [3.05, 3.63) is 75.1 Å². The first-order valence-electron chi connectivity index (χ1n) is 6.69. The minimum atomic E-state index is -0.0328. The molecule has 110 valence electrons. The van der Waals surface area contributed by atoms with E-state index in [-0.39, 0.29) is 5.91 Å². The van der Waals surface area contributed by atoms with Gasteiger partial charge in [-0.3, -0.25) is 9.69 Å². The zero-order valence-electron chi connectivity index (χ0n) is 11.5. The lowest BCUT2D eigenvalue weighted by molar-refractivity contribution is -0.122. The molecule has 0 N–H and O–H groups in total. The second-order valence-electron chi connectivity index (χ2n) is 4.77. The quantitative estimate of drug-likeness (QED) is 0.552. The summed E-state index contributed by atoms with van der Waals surface area (Å²) in [5.41, 5.74) is 2.05. The van der Waals surface area contributed by atoms with Crippen LogP contribution in [0.3, 0.4) is 0 Å². The summed E-state index contributed by atoms with van der Waals surface area (Å²) in [5.74, 6) is -0.0328. The van der Waals surface area contributed by atoms with Crippen LogP contribution >= 0.6 is 39.9 Å². The first-order valence-corrected chi connectivity index (χ1v) is 8.71. The summed E-state index contributed by atoms with van der Waals surface area (Å²) in [5, 5.41) is 0. The van der Waals surface area contributed by atoms with Gasteiger partial charge in [0.2, 0.25) is 0 Å². The van der Waals surface area contributed by atoms with E-state index >= 15 is 0 Å². The molecule has 1 amide bonds. The molecule has 2 aromatic carbocycles. The van der Waals surface area contributed by atoms with Gasteiger partial charge in [-0.05, 0) is 23.3 Å². The average molecular weight is 390 g/mol.